The van der Waals surface area contributed by atoms with Gasteiger partial charge in [-0.2, -0.15) is 0 Å². The number of carboxylic acid groups (broad SMARTS) is 1. The quantitative estimate of drug-likeness (QED) is 0.638. The molecule has 6 heteroatoms. The highest BCUT2D eigenvalue weighted by Crippen LogP contribution is 2.21. The van der Waals surface area contributed by atoms with Crippen molar-refractivity contribution in [3.8, 4) is 5.75 Å². The van der Waals surface area contributed by atoms with Gasteiger partial charge in [0.05, 0.1) is 5.75 Å². The molecule has 25 heavy (non-hydrogen) atoms. The largest absolute Gasteiger partial charge is 0.483 e. The topological polar surface area (TPSA) is 75.6 Å². The molecule has 0 heterocycles. The lowest BCUT2D eigenvalue weighted by molar-refractivity contribution is -0.133. The molecule has 0 aliphatic carbocycles. The first-order valence-corrected chi connectivity index (χ1v) is 9.11. The van der Waals surface area contributed by atoms with Crippen LogP contribution in [0.3, 0.4) is 0 Å². The van der Waals surface area contributed by atoms with E-state index in [0.717, 1.165) is 12.0 Å². The molecule has 0 unspecified atom stereocenters. The van der Waals surface area contributed by atoms with E-state index in [9.17, 15) is 9.59 Å². The minimum Gasteiger partial charge on any atom is -0.483 e. The van der Waals surface area contributed by atoms with Crippen LogP contribution in [-0.2, 0) is 16.0 Å². The molecule has 2 aromatic rings. The highest BCUT2D eigenvalue weighted by molar-refractivity contribution is 7.99. The number of carboxylic acids is 1. The van der Waals surface area contributed by atoms with Crippen LogP contribution >= 0.6 is 11.8 Å². The molecule has 0 aliphatic rings. The highest BCUT2D eigenvalue weighted by Gasteiger charge is 2.07. The summed E-state index contributed by atoms with van der Waals surface area (Å²) in [6.07, 6.45) is 0.741. The first-order chi connectivity index (χ1) is 12.1. The molecule has 0 saturated heterocycles. The van der Waals surface area contributed by atoms with E-state index < -0.39 is 5.97 Å². The SMILES string of the molecule is O=C(O)CSCCNC(=O)COc1ccccc1Cc1ccccc1. The van der Waals surface area contributed by atoms with Crippen molar-refractivity contribution in [3.05, 3.63) is 65.7 Å². The molecule has 0 atom stereocenters. The minimum absolute atomic E-state index is 0.0409. The molecule has 2 N–H and O–H groups in total. The van der Waals surface area contributed by atoms with Gasteiger partial charge in [-0.05, 0) is 17.2 Å². The number of carbonyl (C=O) groups is 2. The van der Waals surface area contributed by atoms with Gasteiger partial charge in [-0.3, -0.25) is 9.59 Å². The van der Waals surface area contributed by atoms with Gasteiger partial charge in [0.2, 0.25) is 0 Å². The number of thioether (sulfide) groups is 1. The van der Waals surface area contributed by atoms with E-state index in [2.05, 4.69) is 17.4 Å². The Morgan fingerprint density at radius 1 is 1.04 bits per heavy atom. The number of rotatable bonds is 10. The zero-order valence-corrected chi connectivity index (χ0v) is 14.6. The molecule has 2 aromatic carbocycles. The normalized spacial score (nSPS) is 10.2. The molecule has 0 aliphatic heterocycles. The maximum absolute atomic E-state index is 11.8. The van der Waals surface area contributed by atoms with Gasteiger partial charge in [-0.1, -0.05) is 48.5 Å². The van der Waals surface area contributed by atoms with Crippen LogP contribution in [0.5, 0.6) is 5.75 Å². The summed E-state index contributed by atoms with van der Waals surface area (Å²) < 4.78 is 5.65. The summed E-state index contributed by atoms with van der Waals surface area (Å²) in [6, 6.07) is 17.7. The van der Waals surface area contributed by atoms with Crippen LogP contribution in [0.2, 0.25) is 0 Å². The van der Waals surface area contributed by atoms with Crippen LogP contribution in [-0.4, -0.2) is 41.6 Å². The molecule has 0 fully saturated rings. The third kappa shape index (κ3) is 7.30. The van der Waals surface area contributed by atoms with E-state index in [1.54, 1.807) is 0 Å². The average Bonchev–Trinajstić information content (AvgIpc) is 2.61. The second kappa shape index (κ2) is 10.4. The van der Waals surface area contributed by atoms with E-state index in [0.29, 0.717) is 18.0 Å². The molecule has 0 bridgehead atoms. The Balaban J connectivity index is 1.78. The monoisotopic (exact) mass is 359 g/mol. The number of benzene rings is 2. The zero-order valence-electron chi connectivity index (χ0n) is 13.8. The summed E-state index contributed by atoms with van der Waals surface area (Å²) in [4.78, 5) is 22.2. The van der Waals surface area contributed by atoms with Crippen molar-refractivity contribution in [2.75, 3.05) is 24.7 Å². The Labute approximate surface area is 151 Å². The number of hydrogen-bond donors (Lipinski definition) is 2. The van der Waals surface area contributed by atoms with Crippen molar-refractivity contribution in [1.29, 1.82) is 0 Å². The fraction of sp³-hybridized carbons (Fsp3) is 0.263. The van der Waals surface area contributed by atoms with Crippen LogP contribution in [0.15, 0.2) is 54.6 Å². The van der Waals surface area contributed by atoms with Crippen LogP contribution < -0.4 is 10.1 Å². The van der Waals surface area contributed by atoms with E-state index in [-0.39, 0.29) is 18.3 Å². The summed E-state index contributed by atoms with van der Waals surface area (Å²) in [5.74, 6) is 0.226. The minimum atomic E-state index is -0.852. The number of hydrogen-bond acceptors (Lipinski definition) is 4. The summed E-state index contributed by atoms with van der Waals surface area (Å²) in [6.45, 7) is 0.362. The fourth-order valence-corrected chi connectivity index (χ4v) is 2.79. The lowest BCUT2D eigenvalue weighted by Crippen LogP contribution is -2.31. The van der Waals surface area contributed by atoms with Crippen molar-refractivity contribution < 1.29 is 19.4 Å². The lowest BCUT2D eigenvalue weighted by atomic mass is 10.0. The van der Waals surface area contributed by atoms with Gasteiger partial charge in [0, 0.05) is 18.7 Å². The average molecular weight is 359 g/mol. The van der Waals surface area contributed by atoms with E-state index in [1.165, 1.54) is 17.3 Å². The number of carbonyl (C=O) groups excluding carboxylic acids is 1. The molecule has 0 saturated carbocycles. The van der Waals surface area contributed by atoms with E-state index in [1.807, 2.05) is 42.5 Å². The van der Waals surface area contributed by atoms with Crippen LogP contribution in [0.4, 0.5) is 0 Å². The van der Waals surface area contributed by atoms with Gasteiger partial charge in [-0.25, -0.2) is 0 Å². The predicted molar refractivity (Wildman–Crippen MR) is 99.2 cm³/mol. The molecular formula is C19H21NO4S. The van der Waals surface area contributed by atoms with Crippen molar-refractivity contribution in [1.82, 2.24) is 5.32 Å². The molecule has 5 nitrogen and oxygen atoms in total. The predicted octanol–water partition coefficient (Wildman–Crippen LogP) is 2.59. The Kier molecular flexibility index (Phi) is 7.85. The molecule has 1 amide bonds. The van der Waals surface area contributed by atoms with Crippen LogP contribution in [0.1, 0.15) is 11.1 Å². The van der Waals surface area contributed by atoms with Crippen LogP contribution in [0, 0.1) is 0 Å². The van der Waals surface area contributed by atoms with Crippen molar-refractivity contribution in [3.63, 3.8) is 0 Å². The fourth-order valence-electron chi connectivity index (χ4n) is 2.22. The molecule has 132 valence electrons. The van der Waals surface area contributed by atoms with Gasteiger partial charge in [-0.15, -0.1) is 11.8 Å². The Morgan fingerprint density at radius 2 is 1.76 bits per heavy atom. The number of para-hydroxylation sites is 1. The Bertz CT molecular complexity index is 691. The molecule has 0 radical (unpaired) electrons. The number of nitrogens with one attached hydrogen (secondary N) is 1. The highest BCUT2D eigenvalue weighted by atomic mass is 32.2. The van der Waals surface area contributed by atoms with E-state index >= 15 is 0 Å². The molecular weight excluding hydrogens is 338 g/mol. The van der Waals surface area contributed by atoms with Crippen molar-refractivity contribution >= 4 is 23.6 Å². The third-order valence-corrected chi connectivity index (χ3v) is 4.31. The van der Waals surface area contributed by atoms with Gasteiger partial charge in [0.15, 0.2) is 6.61 Å². The number of ether oxygens (including phenoxy) is 1. The Hall–Kier alpha value is -2.47. The lowest BCUT2D eigenvalue weighted by Gasteiger charge is -2.11. The summed E-state index contributed by atoms with van der Waals surface area (Å²) in [5.41, 5.74) is 2.21. The standard InChI is InChI=1S/C19H21NO4S/c21-18(20-10-11-25-14-19(22)23)13-24-17-9-5-4-8-16(17)12-15-6-2-1-3-7-15/h1-9H,10-14H2,(H,20,21)(H,22,23). The molecule has 0 aromatic heterocycles. The summed E-state index contributed by atoms with van der Waals surface area (Å²) >= 11 is 1.27. The summed E-state index contributed by atoms with van der Waals surface area (Å²) in [7, 11) is 0. The first kappa shape index (κ1) is 18.9. The van der Waals surface area contributed by atoms with Gasteiger partial charge in [0.25, 0.3) is 5.91 Å². The Morgan fingerprint density at radius 3 is 2.52 bits per heavy atom. The maximum atomic E-state index is 11.8. The maximum Gasteiger partial charge on any atom is 0.313 e. The molecule has 2 rings (SSSR count). The van der Waals surface area contributed by atoms with Crippen molar-refractivity contribution in [2.24, 2.45) is 0 Å². The van der Waals surface area contributed by atoms with Crippen molar-refractivity contribution in [2.45, 2.75) is 6.42 Å². The van der Waals surface area contributed by atoms with E-state index in [4.69, 9.17) is 9.84 Å². The zero-order chi connectivity index (χ0) is 17.9. The number of amides is 1. The van der Waals surface area contributed by atoms with Crippen LogP contribution in [0.25, 0.3) is 0 Å². The second-order valence-electron chi connectivity index (χ2n) is 5.36. The summed E-state index contributed by atoms with van der Waals surface area (Å²) in [5, 5.41) is 11.3. The second-order valence-corrected chi connectivity index (χ2v) is 6.46. The first-order valence-electron chi connectivity index (χ1n) is 7.96. The third-order valence-electron chi connectivity index (χ3n) is 3.36. The smallest absolute Gasteiger partial charge is 0.313 e. The van der Waals surface area contributed by atoms with Gasteiger partial charge in [0.1, 0.15) is 5.75 Å². The number of aliphatic carboxylic acids is 1. The van der Waals surface area contributed by atoms with Gasteiger partial charge >= 0.3 is 5.97 Å². The molecule has 0 spiro atoms. The van der Waals surface area contributed by atoms with Gasteiger partial charge < -0.3 is 15.2 Å².